The van der Waals surface area contributed by atoms with E-state index in [1.54, 1.807) is 0 Å². The highest BCUT2D eigenvalue weighted by atomic mass is 16.2. The van der Waals surface area contributed by atoms with Crippen molar-refractivity contribution in [3.8, 4) is 0 Å². The summed E-state index contributed by atoms with van der Waals surface area (Å²) in [6.45, 7) is 4.15. The van der Waals surface area contributed by atoms with Gasteiger partial charge in [-0.15, -0.1) is 0 Å². The van der Waals surface area contributed by atoms with E-state index in [4.69, 9.17) is 0 Å². The van der Waals surface area contributed by atoms with Crippen LogP contribution in [0.3, 0.4) is 0 Å². The molecule has 0 radical (unpaired) electrons. The molecular formula is C18H28N2O2. The summed E-state index contributed by atoms with van der Waals surface area (Å²) in [6, 6.07) is 7.25. The van der Waals surface area contributed by atoms with Gasteiger partial charge in [-0.1, -0.05) is 39.5 Å². The molecular weight excluding hydrogens is 276 g/mol. The first-order valence-corrected chi connectivity index (χ1v) is 8.35. The summed E-state index contributed by atoms with van der Waals surface area (Å²) in [7, 11) is 0. The fraction of sp³-hybridized carbons (Fsp3) is 0.556. The van der Waals surface area contributed by atoms with Crippen molar-refractivity contribution >= 4 is 23.2 Å². The second-order valence-corrected chi connectivity index (χ2v) is 5.59. The van der Waals surface area contributed by atoms with Crippen LogP contribution in [-0.4, -0.2) is 11.8 Å². The van der Waals surface area contributed by atoms with Gasteiger partial charge in [0, 0.05) is 24.2 Å². The zero-order valence-electron chi connectivity index (χ0n) is 13.8. The number of benzene rings is 1. The lowest BCUT2D eigenvalue weighted by Crippen LogP contribution is -2.12. The first kappa shape index (κ1) is 18.2. The number of carbonyl (C=O) groups excluding carboxylic acids is 2. The first-order valence-electron chi connectivity index (χ1n) is 8.35. The molecule has 4 heteroatoms. The molecule has 0 aliphatic carbocycles. The van der Waals surface area contributed by atoms with Gasteiger partial charge in [0.15, 0.2) is 0 Å². The van der Waals surface area contributed by atoms with Crippen molar-refractivity contribution < 1.29 is 9.59 Å². The Labute approximate surface area is 133 Å². The summed E-state index contributed by atoms with van der Waals surface area (Å²) in [6.07, 6.45) is 7.64. The second kappa shape index (κ2) is 10.8. The summed E-state index contributed by atoms with van der Waals surface area (Å²) in [4.78, 5) is 23.3. The lowest BCUT2D eigenvalue weighted by Gasteiger charge is -2.08. The van der Waals surface area contributed by atoms with E-state index in [-0.39, 0.29) is 11.8 Å². The number of anilines is 2. The van der Waals surface area contributed by atoms with E-state index in [1.165, 1.54) is 19.3 Å². The average Bonchev–Trinajstić information content (AvgIpc) is 2.49. The molecule has 0 saturated carbocycles. The van der Waals surface area contributed by atoms with Crippen LogP contribution in [0, 0.1) is 0 Å². The molecule has 0 aromatic heterocycles. The van der Waals surface area contributed by atoms with Crippen molar-refractivity contribution in [1.29, 1.82) is 0 Å². The fourth-order valence-electron chi connectivity index (χ4n) is 2.20. The maximum Gasteiger partial charge on any atom is 0.224 e. The molecule has 0 heterocycles. The molecule has 0 atom stereocenters. The summed E-state index contributed by atoms with van der Waals surface area (Å²) in [5.74, 6) is 0.0747. The molecule has 1 aromatic carbocycles. The summed E-state index contributed by atoms with van der Waals surface area (Å²) in [5.41, 5.74) is 1.53. The van der Waals surface area contributed by atoms with E-state index < -0.39 is 0 Å². The molecule has 2 amide bonds. The average molecular weight is 304 g/mol. The Balaban J connectivity index is 2.31. The highest BCUT2D eigenvalue weighted by molar-refractivity contribution is 5.92. The van der Waals surface area contributed by atoms with Crippen LogP contribution in [0.25, 0.3) is 0 Å². The minimum absolute atomic E-state index is 0.0198. The van der Waals surface area contributed by atoms with Gasteiger partial charge in [-0.2, -0.15) is 0 Å². The van der Waals surface area contributed by atoms with Crippen LogP contribution in [0.1, 0.15) is 65.2 Å². The van der Waals surface area contributed by atoms with Gasteiger partial charge in [-0.3, -0.25) is 9.59 Å². The third-order valence-corrected chi connectivity index (χ3v) is 3.44. The summed E-state index contributed by atoms with van der Waals surface area (Å²) < 4.78 is 0. The van der Waals surface area contributed by atoms with E-state index in [9.17, 15) is 9.59 Å². The number of carbonyl (C=O) groups is 2. The number of amides is 2. The normalized spacial score (nSPS) is 10.3. The van der Waals surface area contributed by atoms with Gasteiger partial charge in [0.25, 0.3) is 0 Å². The largest absolute Gasteiger partial charge is 0.326 e. The third-order valence-electron chi connectivity index (χ3n) is 3.44. The minimum atomic E-state index is 0.0198. The predicted molar refractivity (Wildman–Crippen MR) is 92.0 cm³/mol. The lowest BCUT2D eigenvalue weighted by atomic mass is 10.1. The molecule has 1 aromatic rings. The zero-order chi connectivity index (χ0) is 16.2. The van der Waals surface area contributed by atoms with Crippen molar-refractivity contribution in [2.75, 3.05) is 10.6 Å². The monoisotopic (exact) mass is 304 g/mol. The molecule has 0 bridgehead atoms. The van der Waals surface area contributed by atoms with Crippen LogP contribution in [-0.2, 0) is 9.59 Å². The molecule has 0 aliphatic rings. The van der Waals surface area contributed by atoms with Crippen molar-refractivity contribution in [3.63, 3.8) is 0 Å². The number of nitrogens with one attached hydrogen (secondary N) is 2. The zero-order valence-corrected chi connectivity index (χ0v) is 13.8. The number of hydrogen-bond acceptors (Lipinski definition) is 2. The van der Waals surface area contributed by atoms with Crippen LogP contribution in [0.15, 0.2) is 24.3 Å². The molecule has 0 fully saturated rings. The Morgan fingerprint density at radius 3 is 1.73 bits per heavy atom. The van der Waals surface area contributed by atoms with Gasteiger partial charge in [-0.25, -0.2) is 0 Å². The quantitative estimate of drug-likeness (QED) is 0.614. The highest BCUT2D eigenvalue weighted by Gasteiger charge is 2.04. The Bertz CT molecular complexity index is 455. The SMILES string of the molecule is CCCCCCCC(=O)Nc1ccc(NC(=O)CCC)cc1. The molecule has 1 rings (SSSR count). The molecule has 0 aliphatic heterocycles. The van der Waals surface area contributed by atoms with Gasteiger partial charge in [0.05, 0.1) is 0 Å². The van der Waals surface area contributed by atoms with Crippen LogP contribution >= 0.6 is 0 Å². The maximum absolute atomic E-state index is 11.8. The second-order valence-electron chi connectivity index (χ2n) is 5.59. The van der Waals surface area contributed by atoms with E-state index in [1.807, 2.05) is 31.2 Å². The number of hydrogen-bond donors (Lipinski definition) is 2. The van der Waals surface area contributed by atoms with Crippen LogP contribution < -0.4 is 10.6 Å². The number of unbranched alkanes of at least 4 members (excludes halogenated alkanes) is 4. The van der Waals surface area contributed by atoms with Gasteiger partial charge >= 0.3 is 0 Å². The predicted octanol–water partition coefficient (Wildman–Crippen LogP) is 4.72. The maximum atomic E-state index is 11.8. The highest BCUT2D eigenvalue weighted by Crippen LogP contribution is 2.15. The van der Waals surface area contributed by atoms with E-state index >= 15 is 0 Å². The molecule has 0 unspecified atom stereocenters. The van der Waals surface area contributed by atoms with Crippen molar-refractivity contribution in [3.05, 3.63) is 24.3 Å². The standard InChI is InChI=1S/C18H28N2O2/c1-3-5-6-7-8-10-18(22)20-16-13-11-15(12-14-16)19-17(21)9-4-2/h11-14H,3-10H2,1-2H3,(H,19,21)(H,20,22). The summed E-state index contributed by atoms with van der Waals surface area (Å²) in [5, 5.41) is 5.71. The van der Waals surface area contributed by atoms with Gasteiger partial charge in [0.2, 0.25) is 11.8 Å². The molecule has 0 saturated heterocycles. The summed E-state index contributed by atoms with van der Waals surface area (Å²) >= 11 is 0. The molecule has 4 nitrogen and oxygen atoms in total. The number of rotatable bonds is 10. The Kier molecular flexibility index (Phi) is 8.96. The van der Waals surface area contributed by atoms with Crippen LogP contribution in [0.2, 0.25) is 0 Å². The third kappa shape index (κ3) is 7.81. The fourth-order valence-corrected chi connectivity index (χ4v) is 2.20. The van der Waals surface area contributed by atoms with Crippen molar-refractivity contribution in [1.82, 2.24) is 0 Å². The molecule has 0 spiro atoms. The van der Waals surface area contributed by atoms with Crippen molar-refractivity contribution in [2.45, 2.75) is 65.2 Å². The van der Waals surface area contributed by atoms with Gasteiger partial charge in [0.1, 0.15) is 0 Å². The topological polar surface area (TPSA) is 58.2 Å². The van der Waals surface area contributed by atoms with Gasteiger partial charge < -0.3 is 10.6 Å². The van der Waals surface area contributed by atoms with E-state index in [2.05, 4.69) is 17.6 Å². The molecule has 122 valence electrons. The Morgan fingerprint density at radius 1 is 0.727 bits per heavy atom. The Hall–Kier alpha value is -1.84. The molecule has 22 heavy (non-hydrogen) atoms. The van der Waals surface area contributed by atoms with Crippen LogP contribution in [0.5, 0.6) is 0 Å². The molecule has 2 N–H and O–H groups in total. The van der Waals surface area contributed by atoms with Crippen molar-refractivity contribution in [2.24, 2.45) is 0 Å². The lowest BCUT2D eigenvalue weighted by molar-refractivity contribution is -0.117. The van der Waals surface area contributed by atoms with E-state index in [0.29, 0.717) is 12.8 Å². The van der Waals surface area contributed by atoms with Crippen LogP contribution in [0.4, 0.5) is 11.4 Å². The first-order chi connectivity index (χ1) is 10.7. The minimum Gasteiger partial charge on any atom is -0.326 e. The Morgan fingerprint density at radius 2 is 1.23 bits per heavy atom. The van der Waals surface area contributed by atoms with Gasteiger partial charge in [-0.05, 0) is 37.1 Å². The smallest absolute Gasteiger partial charge is 0.224 e. The van der Waals surface area contributed by atoms with E-state index in [0.717, 1.165) is 30.6 Å².